The Morgan fingerprint density at radius 3 is 2.21 bits per heavy atom. The predicted octanol–water partition coefficient (Wildman–Crippen LogP) is 3.13. The van der Waals surface area contributed by atoms with E-state index in [1.165, 1.54) is 18.1 Å². The molecule has 0 spiro atoms. The van der Waals surface area contributed by atoms with E-state index in [0.717, 1.165) is 0 Å². The van der Waals surface area contributed by atoms with Crippen LogP contribution in [0.2, 0.25) is 0 Å². The highest BCUT2D eigenvalue weighted by molar-refractivity contribution is 5.87. The van der Waals surface area contributed by atoms with Crippen molar-refractivity contribution in [3.63, 3.8) is 0 Å². The van der Waals surface area contributed by atoms with Gasteiger partial charge in [0.1, 0.15) is 16.9 Å². The SMILES string of the molecule is COC(=O)c1cccc(CN(CCNC(=O)OC(C)(C)C)C(=O)OC(C)(C)C)n1. The Kier molecular flexibility index (Phi) is 8.42. The standard InChI is InChI=1S/C20H31N3O6/c1-19(2,3)28-17(25)21-11-12-23(18(26)29-20(4,5)6)13-14-9-8-10-15(22-14)16(24)27-7/h8-10H,11-13H2,1-7H3,(H,21,25). The summed E-state index contributed by atoms with van der Waals surface area (Å²) in [5.41, 5.74) is -0.681. The molecule has 9 heteroatoms. The van der Waals surface area contributed by atoms with Gasteiger partial charge >= 0.3 is 18.2 Å². The lowest BCUT2D eigenvalue weighted by atomic mass is 10.2. The molecule has 0 radical (unpaired) electrons. The molecule has 0 aliphatic heterocycles. The van der Waals surface area contributed by atoms with E-state index in [-0.39, 0.29) is 25.3 Å². The number of alkyl carbamates (subject to hydrolysis) is 1. The molecule has 0 aliphatic rings. The lowest BCUT2D eigenvalue weighted by molar-refractivity contribution is 0.0222. The first-order valence-corrected chi connectivity index (χ1v) is 9.30. The average molecular weight is 409 g/mol. The van der Waals surface area contributed by atoms with Crippen LogP contribution < -0.4 is 5.32 Å². The Bertz CT molecular complexity index is 722. The lowest BCUT2D eigenvalue weighted by Gasteiger charge is -2.27. The van der Waals surface area contributed by atoms with Crippen LogP contribution in [0.25, 0.3) is 0 Å². The van der Waals surface area contributed by atoms with Gasteiger partial charge in [0.25, 0.3) is 0 Å². The van der Waals surface area contributed by atoms with Crippen molar-refractivity contribution >= 4 is 18.2 Å². The topological polar surface area (TPSA) is 107 Å². The Hall–Kier alpha value is -2.84. The quantitative estimate of drug-likeness (QED) is 0.568. The maximum absolute atomic E-state index is 12.6. The largest absolute Gasteiger partial charge is 0.464 e. The van der Waals surface area contributed by atoms with Crippen LogP contribution in [0, 0.1) is 0 Å². The van der Waals surface area contributed by atoms with Crippen LogP contribution in [0.15, 0.2) is 18.2 Å². The number of rotatable bonds is 6. The van der Waals surface area contributed by atoms with E-state index in [2.05, 4.69) is 15.0 Å². The van der Waals surface area contributed by atoms with Crippen molar-refractivity contribution in [3.8, 4) is 0 Å². The Morgan fingerprint density at radius 2 is 1.66 bits per heavy atom. The van der Waals surface area contributed by atoms with Gasteiger partial charge in [-0.05, 0) is 53.7 Å². The number of carbonyl (C=O) groups is 3. The first kappa shape index (κ1) is 24.2. The number of esters is 1. The third kappa shape index (κ3) is 9.77. The van der Waals surface area contributed by atoms with E-state index < -0.39 is 29.4 Å². The zero-order valence-electron chi connectivity index (χ0n) is 18.2. The molecule has 9 nitrogen and oxygen atoms in total. The molecule has 0 bridgehead atoms. The van der Waals surface area contributed by atoms with Crippen LogP contribution >= 0.6 is 0 Å². The fourth-order valence-electron chi connectivity index (χ4n) is 2.15. The van der Waals surface area contributed by atoms with E-state index >= 15 is 0 Å². The van der Waals surface area contributed by atoms with Crippen molar-refractivity contribution in [2.45, 2.75) is 59.3 Å². The number of aromatic nitrogens is 1. The number of hydrogen-bond donors (Lipinski definition) is 1. The number of pyridine rings is 1. The van der Waals surface area contributed by atoms with Crippen molar-refractivity contribution < 1.29 is 28.6 Å². The first-order valence-electron chi connectivity index (χ1n) is 9.30. The van der Waals surface area contributed by atoms with Gasteiger partial charge in [-0.2, -0.15) is 0 Å². The fraction of sp³-hybridized carbons (Fsp3) is 0.600. The molecule has 0 unspecified atom stereocenters. The van der Waals surface area contributed by atoms with Crippen LogP contribution in [-0.2, 0) is 20.8 Å². The van der Waals surface area contributed by atoms with Crippen molar-refractivity contribution in [2.75, 3.05) is 20.2 Å². The molecule has 0 fully saturated rings. The van der Waals surface area contributed by atoms with Crippen molar-refractivity contribution in [2.24, 2.45) is 0 Å². The molecule has 2 amide bonds. The summed E-state index contributed by atoms with van der Waals surface area (Å²) in [5, 5.41) is 2.61. The maximum Gasteiger partial charge on any atom is 0.410 e. The highest BCUT2D eigenvalue weighted by Gasteiger charge is 2.23. The number of ether oxygens (including phenoxy) is 3. The minimum atomic E-state index is -0.685. The van der Waals surface area contributed by atoms with Crippen LogP contribution in [0.5, 0.6) is 0 Å². The number of nitrogens with zero attached hydrogens (tertiary/aromatic N) is 2. The lowest BCUT2D eigenvalue weighted by Crippen LogP contribution is -2.42. The molecule has 0 saturated carbocycles. The van der Waals surface area contributed by atoms with E-state index in [4.69, 9.17) is 9.47 Å². The van der Waals surface area contributed by atoms with Gasteiger partial charge in [-0.15, -0.1) is 0 Å². The van der Waals surface area contributed by atoms with Crippen LogP contribution in [0.1, 0.15) is 57.7 Å². The number of hydrogen-bond acceptors (Lipinski definition) is 7. The fourth-order valence-corrected chi connectivity index (χ4v) is 2.15. The number of methoxy groups -OCH3 is 1. The highest BCUT2D eigenvalue weighted by atomic mass is 16.6. The van der Waals surface area contributed by atoms with Crippen molar-refractivity contribution in [3.05, 3.63) is 29.6 Å². The second kappa shape index (κ2) is 10.1. The van der Waals surface area contributed by atoms with Gasteiger partial charge in [-0.25, -0.2) is 19.4 Å². The van der Waals surface area contributed by atoms with Gasteiger partial charge in [-0.1, -0.05) is 6.07 Å². The summed E-state index contributed by atoms with van der Waals surface area (Å²) in [7, 11) is 1.27. The summed E-state index contributed by atoms with van der Waals surface area (Å²) in [6, 6.07) is 4.86. The molecule has 162 valence electrons. The molecule has 0 atom stereocenters. The first-order chi connectivity index (χ1) is 13.3. The molecule has 0 aromatic carbocycles. The average Bonchev–Trinajstić information content (AvgIpc) is 2.57. The molecule has 1 N–H and O–H groups in total. The minimum Gasteiger partial charge on any atom is -0.464 e. The second-order valence-electron chi connectivity index (χ2n) is 8.34. The van der Waals surface area contributed by atoms with Gasteiger partial charge in [0, 0.05) is 13.1 Å². The number of nitrogens with one attached hydrogen (secondary N) is 1. The van der Waals surface area contributed by atoms with Crippen molar-refractivity contribution in [1.82, 2.24) is 15.2 Å². The third-order valence-corrected chi connectivity index (χ3v) is 3.26. The molecule has 1 rings (SSSR count). The van der Waals surface area contributed by atoms with Crippen LogP contribution in [0.4, 0.5) is 9.59 Å². The minimum absolute atomic E-state index is 0.0930. The monoisotopic (exact) mass is 409 g/mol. The third-order valence-electron chi connectivity index (χ3n) is 3.26. The molecular formula is C20H31N3O6. The summed E-state index contributed by atoms with van der Waals surface area (Å²) in [5.74, 6) is -0.567. The number of carbonyl (C=O) groups excluding carboxylic acids is 3. The molecule has 1 heterocycles. The van der Waals surface area contributed by atoms with Crippen LogP contribution in [0.3, 0.4) is 0 Å². The van der Waals surface area contributed by atoms with Gasteiger partial charge in [0.15, 0.2) is 0 Å². The van der Waals surface area contributed by atoms with Gasteiger partial charge in [0.05, 0.1) is 19.3 Å². The van der Waals surface area contributed by atoms with Gasteiger partial charge in [0.2, 0.25) is 0 Å². The zero-order chi connectivity index (χ0) is 22.2. The van der Waals surface area contributed by atoms with E-state index in [1.54, 1.807) is 53.7 Å². The van der Waals surface area contributed by atoms with Crippen LogP contribution in [-0.4, -0.2) is 59.4 Å². The van der Waals surface area contributed by atoms with Gasteiger partial charge < -0.3 is 24.4 Å². The molecule has 1 aromatic heterocycles. The Balaban J connectivity index is 2.85. The Labute approximate surface area is 171 Å². The Morgan fingerprint density at radius 1 is 1.03 bits per heavy atom. The summed E-state index contributed by atoms with van der Waals surface area (Å²) < 4.78 is 15.3. The van der Waals surface area contributed by atoms with Crippen molar-refractivity contribution in [1.29, 1.82) is 0 Å². The molecule has 1 aromatic rings. The van der Waals surface area contributed by atoms with E-state index in [9.17, 15) is 14.4 Å². The number of amides is 2. The molecule has 29 heavy (non-hydrogen) atoms. The summed E-state index contributed by atoms with van der Waals surface area (Å²) >= 11 is 0. The summed E-state index contributed by atoms with van der Waals surface area (Å²) in [6.07, 6.45) is -1.14. The summed E-state index contributed by atoms with van der Waals surface area (Å²) in [4.78, 5) is 41.7. The highest BCUT2D eigenvalue weighted by Crippen LogP contribution is 2.13. The molecule has 0 saturated heterocycles. The molecular weight excluding hydrogens is 378 g/mol. The predicted molar refractivity (Wildman–Crippen MR) is 106 cm³/mol. The zero-order valence-corrected chi connectivity index (χ0v) is 18.2. The smallest absolute Gasteiger partial charge is 0.410 e. The van der Waals surface area contributed by atoms with E-state index in [1.807, 2.05) is 0 Å². The second-order valence-corrected chi connectivity index (χ2v) is 8.34. The maximum atomic E-state index is 12.6. The summed E-state index contributed by atoms with van der Waals surface area (Å²) in [6.45, 7) is 11.0. The molecule has 0 aliphatic carbocycles. The van der Waals surface area contributed by atoms with Gasteiger partial charge in [-0.3, -0.25) is 0 Å². The normalized spacial score (nSPS) is 11.4. The van der Waals surface area contributed by atoms with E-state index in [0.29, 0.717) is 5.69 Å².